The van der Waals surface area contributed by atoms with Crippen molar-refractivity contribution >= 4 is 6.34 Å². The van der Waals surface area contributed by atoms with Gasteiger partial charge < -0.3 is 4.90 Å². The van der Waals surface area contributed by atoms with Crippen LogP contribution in [0.4, 0.5) is 0 Å². The summed E-state index contributed by atoms with van der Waals surface area (Å²) in [5.41, 5.74) is 0.175. The molecule has 0 aromatic heterocycles. The summed E-state index contributed by atoms with van der Waals surface area (Å²) in [7, 11) is 0. The summed E-state index contributed by atoms with van der Waals surface area (Å²) < 4.78 is 0. The molecule has 0 fully saturated rings. The minimum atomic E-state index is 0.175. The van der Waals surface area contributed by atoms with E-state index in [1.54, 1.807) is 0 Å². The summed E-state index contributed by atoms with van der Waals surface area (Å²) in [6, 6.07) is 0. The summed E-state index contributed by atoms with van der Waals surface area (Å²) in [5.74, 6) is 0. The number of rotatable bonds is 2. The second kappa shape index (κ2) is 3.56. The average molecular weight is 183 g/mol. The van der Waals surface area contributed by atoms with Crippen molar-refractivity contribution in [3.8, 4) is 0 Å². The highest BCUT2D eigenvalue weighted by Gasteiger charge is 2.32. The number of hydrogen-bond donors (Lipinski definition) is 0. The van der Waals surface area contributed by atoms with Gasteiger partial charge in [-0.25, -0.2) is 0 Å². The number of hydrogen-bond acceptors (Lipinski definition) is 3. The smallest absolute Gasteiger partial charge is 0.119 e. The molecule has 0 N–H and O–H groups in total. The Bertz CT molecular complexity index is 193. The predicted octanol–water partition coefficient (Wildman–Crippen LogP) is 2.10. The van der Waals surface area contributed by atoms with E-state index in [4.69, 9.17) is 0 Å². The van der Waals surface area contributed by atoms with Crippen LogP contribution in [0.15, 0.2) is 5.10 Å². The van der Waals surface area contributed by atoms with E-state index < -0.39 is 0 Å². The SMILES string of the molecule is CCC1N(CC)N=CN1C(C)(C)C. The summed E-state index contributed by atoms with van der Waals surface area (Å²) in [5, 5.41) is 6.53. The zero-order valence-corrected chi connectivity index (χ0v) is 9.41. The molecular weight excluding hydrogens is 162 g/mol. The van der Waals surface area contributed by atoms with Crippen LogP contribution in [-0.2, 0) is 0 Å². The van der Waals surface area contributed by atoms with Crippen molar-refractivity contribution in [3.63, 3.8) is 0 Å². The van der Waals surface area contributed by atoms with Crippen molar-refractivity contribution in [1.82, 2.24) is 9.91 Å². The summed E-state index contributed by atoms with van der Waals surface area (Å²) in [6.45, 7) is 12.0. The van der Waals surface area contributed by atoms with Crippen LogP contribution in [0.5, 0.6) is 0 Å². The van der Waals surface area contributed by atoms with Gasteiger partial charge in [0.1, 0.15) is 12.5 Å². The predicted molar refractivity (Wildman–Crippen MR) is 56.5 cm³/mol. The van der Waals surface area contributed by atoms with E-state index >= 15 is 0 Å². The molecule has 1 heterocycles. The molecular formula is C10H21N3. The lowest BCUT2D eigenvalue weighted by Gasteiger charge is -2.38. The van der Waals surface area contributed by atoms with Gasteiger partial charge in [-0.2, -0.15) is 5.10 Å². The lowest BCUT2D eigenvalue weighted by Crippen LogP contribution is -2.48. The molecule has 1 atom stereocenters. The van der Waals surface area contributed by atoms with Crippen molar-refractivity contribution in [2.45, 2.75) is 52.7 Å². The molecule has 76 valence electrons. The van der Waals surface area contributed by atoms with E-state index in [0.717, 1.165) is 13.0 Å². The molecule has 1 aliphatic rings. The molecule has 0 radical (unpaired) electrons. The maximum absolute atomic E-state index is 4.39. The first kappa shape index (κ1) is 10.4. The first-order chi connectivity index (χ1) is 6.00. The Hall–Kier alpha value is -0.730. The van der Waals surface area contributed by atoms with Crippen molar-refractivity contribution in [2.75, 3.05) is 6.54 Å². The lowest BCUT2D eigenvalue weighted by molar-refractivity contribution is 0.0767. The zero-order chi connectivity index (χ0) is 10.1. The molecule has 0 aromatic carbocycles. The van der Waals surface area contributed by atoms with Gasteiger partial charge in [-0.3, -0.25) is 5.01 Å². The quantitative estimate of drug-likeness (QED) is 0.653. The first-order valence-electron chi connectivity index (χ1n) is 5.10. The molecule has 0 saturated heterocycles. The van der Waals surface area contributed by atoms with Crippen molar-refractivity contribution in [3.05, 3.63) is 0 Å². The molecule has 0 aliphatic carbocycles. The minimum Gasteiger partial charge on any atom is -0.335 e. The second-order valence-electron chi connectivity index (χ2n) is 4.45. The van der Waals surface area contributed by atoms with Crippen LogP contribution in [0, 0.1) is 0 Å². The van der Waals surface area contributed by atoms with Gasteiger partial charge in [0.05, 0.1) is 0 Å². The highest BCUT2D eigenvalue weighted by molar-refractivity contribution is 5.58. The van der Waals surface area contributed by atoms with Gasteiger partial charge in [0.25, 0.3) is 0 Å². The summed E-state index contributed by atoms with van der Waals surface area (Å²) in [4.78, 5) is 2.33. The van der Waals surface area contributed by atoms with E-state index in [1.807, 2.05) is 6.34 Å². The van der Waals surface area contributed by atoms with Crippen LogP contribution in [0.1, 0.15) is 41.0 Å². The molecule has 13 heavy (non-hydrogen) atoms. The van der Waals surface area contributed by atoms with Gasteiger partial charge in [0.2, 0.25) is 0 Å². The van der Waals surface area contributed by atoms with Crippen LogP contribution in [-0.4, -0.2) is 34.5 Å². The van der Waals surface area contributed by atoms with Crippen LogP contribution >= 0.6 is 0 Å². The van der Waals surface area contributed by atoms with Gasteiger partial charge in [-0.1, -0.05) is 6.92 Å². The molecule has 0 aromatic rings. The highest BCUT2D eigenvalue weighted by atomic mass is 15.6. The van der Waals surface area contributed by atoms with Gasteiger partial charge in [0, 0.05) is 12.1 Å². The van der Waals surface area contributed by atoms with Crippen molar-refractivity contribution in [2.24, 2.45) is 5.10 Å². The van der Waals surface area contributed by atoms with Gasteiger partial charge >= 0.3 is 0 Å². The normalized spacial score (nSPS) is 23.0. The van der Waals surface area contributed by atoms with Crippen LogP contribution in [0.25, 0.3) is 0 Å². The molecule has 0 bridgehead atoms. The molecule has 1 unspecified atom stereocenters. The maximum Gasteiger partial charge on any atom is 0.119 e. The Kier molecular flexibility index (Phi) is 2.84. The summed E-state index contributed by atoms with van der Waals surface area (Å²) in [6.07, 6.45) is 3.54. The van der Waals surface area contributed by atoms with Crippen molar-refractivity contribution < 1.29 is 0 Å². The third-order valence-corrected chi connectivity index (χ3v) is 2.45. The molecule has 3 nitrogen and oxygen atoms in total. The molecule has 0 amide bonds. The molecule has 0 spiro atoms. The van der Waals surface area contributed by atoms with Gasteiger partial charge in [-0.15, -0.1) is 0 Å². The van der Waals surface area contributed by atoms with Crippen molar-refractivity contribution in [1.29, 1.82) is 0 Å². The Morgan fingerprint density at radius 1 is 1.31 bits per heavy atom. The third-order valence-electron chi connectivity index (χ3n) is 2.45. The molecule has 0 saturated carbocycles. The maximum atomic E-state index is 4.39. The van der Waals surface area contributed by atoms with Crippen LogP contribution in [0.2, 0.25) is 0 Å². The average Bonchev–Trinajstić information content (AvgIpc) is 2.45. The van der Waals surface area contributed by atoms with Crippen LogP contribution in [0.3, 0.4) is 0 Å². The Morgan fingerprint density at radius 2 is 1.92 bits per heavy atom. The number of hydrazone groups is 1. The molecule has 3 heteroatoms. The topological polar surface area (TPSA) is 18.8 Å². The Balaban J connectivity index is 2.74. The largest absolute Gasteiger partial charge is 0.335 e. The zero-order valence-electron chi connectivity index (χ0n) is 9.41. The molecule has 1 aliphatic heterocycles. The van der Waals surface area contributed by atoms with Gasteiger partial charge in [0.15, 0.2) is 0 Å². The van der Waals surface area contributed by atoms with E-state index in [1.165, 1.54) is 0 Å². The lowest BCUT2D eigenvalue weighted by atomic mass is 10.1. The standard InChI is InChI=1S/C10H21N3/c1-6-9-12(10(3,4)5)8-11-13(9)7-2/h8-9H,6-7H2,1-5H3. The Morgan fingerprint density at radius 3 is 2.31 bits per heavy atom. The fraction of sp³-hybridized carbons (Fsp3) is 0.900. The van der Waals surface area contributed by atoms with Gasteiger partial charge in [-0.05, 0) is 34.1 Å². The Labute approximate surface area is 81.4 Å². The minimum absolute atomic E-state index is 0.175. The first-order valence-corrected chi connectivity index (χ1v) is 5.10. The fourth-order valence-corrected chi connectivity index (χ4v) is 1.74. The van der Waals surface area contributed by atoms with Crippen LogP contribution < -0.4 is 0 Å². The van der Waals surface area contributed by atoms with E-state index in [9.17, 15) is 0 Å². The highest BCUT2D eigenvalue weighted by Crippen LogP contribution is 2.23. The summed E-state index contributed by atoms with van der Waals surface area (Å²) >= 11 is 0. The number of nitrogens with zero attached hydrogens (tertiary/aromatic N) is 3. The fourth-order valence-electron chi connectivity index (χ4n) is 1.74. The van der Waals surface area contributed by atoms with E-state index in [2.05, 4.69) is 49.6 Å². The monoisotopic (exact) mass is 183 g/mol. The third kappa shape index (κ3) is 1.95. The second-order valence-corrected chi connectivity index (χ2v) is 4.45. The van der Waals surface area contributed by atoms with E-state index in [0.29, 0.717) is 6.17 Å². The molecule has 1 rings (SSSR count). The van der Waals surface area contributed by atoms with E-state index in [-0.39, 0.29) is 5.54 Å².